The number of aromatic nitrogens is 2. The molecule has 2 aromatic rings. The molecule has 2 N–H and O–H groups in total. The zero-order chi connectivity index (χ0) is 11.1. The first-order valence-corrected chi connectivity index (χ1v) is 6.06. The highest BCUT2D eigenvalue weighted by Gasteiger charge is 2.22. The van der Waals surface area contributed by atoms with Gasteiger partial charge in [0.05, 0.1) is 23.7 Å². The average molecular weight is 282 g/mol. The van der Waals surface area contributed by atoms with Gasteiger partial charge in [-0.2, -0.15) is 0 Å². The zero-order valence-corrected chi connectivity index (χ0v) is 10.3. The maximum atomic E-state index is 5.96. The number of anilines is 1. The normalized spacial score (nSPS) is 20.7. The Morgan fingerprint density at radius 1 is 1.50 bits per heavy atom. The number of nitrogens with zero attached hydrogens (tertiary/aromatic N) is 2. The Kier molecular flexibility index (Phi) is 2.37. The molecular formula is C11H12BrN3O. The summed E-state index contributed by atoms with van der Waals surface area (Å²) in [6.45, 7) is 1.53. The summed E-state index contributed by atoms with van der Waals surface area (Å²) in [5, 5.41) is 0. The van der Waals surface area contributed by atoms with E-state index in [1.807, 2.05) is 18.2 Å². The lowest BCUT2D eigenvalue weighted by Crippen LogP contribution is -2.11. The number of benzene rings is 1. The molecule has 1 fully saturated rings. The van der Waals surface area contributed by atoms with Gasteiger partial charge in [-0.25, -0.2) is 4.98 Å². The van der Waals surface area contributed by atoms with Crippen molar-refractivity contribution in [1.29, 1.82) is 0 Å². The van der Waals surface area contributed by atoms with Crippen LogP contribution in [0.4, 0.5) is 5.95 Å². The molecule has 0 saturated carbocycles. The van der Waals surface area contributed by atoms with Crippen LogP contribution < -0.4 is 5.73 Å². The Balaban J connectivity index is 2.18. The summed E-state index contributed by atoms with van der Waals surface area (Å²) in [7, 11) is 0. The first-order chi connectivity index (χ1) is 7.75. The van der Waals surface area contributed by atoms with Crippen LogP contribution in [0, 0.1) is 0 Å². The molecule has 5 heteroatoms. The van der Waals surface area contributed by atoms with Crippen LogP contribution in [-0.4, -0.2) is 22.8 Å². The van der Waals surface area contributed by atoms with E-state index in [9.17, 15) is 0 Å². The van der Waals surface area contributed by atoms with E-state index in [2.05, 4.69) is 25.5 Å². The van der Waals surface area contributed by atoms with Crippen LogP contribution in [0.3, 0.4) is 0 Å². The molecule has 1 aliphatic rings. The predicted molar refractivity (Wildman–Crippen MR) is 66.3 cm³/mol. The largest absolute Gasteiger partial charge is 0.379 e. The highest BCUT2D eigenvalue weighted by molar-refractivity contribution is 9.10. The summed E-state index contributed by atoms with van der Waals surface area (Å²) in [5.74, 6) is 0.573. The van der Waals surface area contributed by atoms with E-state index in [1.54, 1.807) is 0 Å². The Morgan fingerprint density at radius 2 is 2.38 bits per heavy atom. The average Bonchev–Trinajstić information content (AvgIpc) is 2.83. The summed E-state index contributed by atoms with van der Waals surface area (Å²) in [6.07, 6.45) is 1.01. The number of fused-ring (bicyclic) bond motifs is 1. The molecule has 16 heavy (non-hydrogen) atoms. The second-order valence-electron chi connectivity index (χ2n) is 3.99. The fourth-order valence-electron chi connectivity index (χ4n) is 2.20. The fourth-order valence-corrected chi connectivity index (χ4v) is 2.55. The topological polar surface area (TPSA) is 53.1 Å². The second kappa shape index (κ2) is 3.75. The summed E-state index contributed by atoms with van der Waals surface area (Å²) in [5.41, 5.74) is 7.97. The lowest BCUT2D eigenvalue weighted by molar-refractivity contribution is 0.187. The molecule has 2 heterocycles. The highest BCUT2D eigenvalue weighted by Crippen LogP contribution is 2.29. The van der Waals surface area contributed by atoms with Gasteiger partial charge < -0.3 is 15.0 Å². The minimum atomic E-state index is 0.325. The van der Waals surface area contributed by atoms with E-state index in [4.69, 9.17) is 10.5 Å². The van der Waals surface area contributed by atoms with Gasteiger partial charge in [0.2, 0.25) is 5.95 Å². The number of rotatable bonds is 1. The molecular weight excluding hydrogens is 270 g/mol. The fraction of sp³-hybridized carbons (Fsp3) is 0.364. The van der Waals surface area contributed by atoms with E-state index in [0.717, 1.165) is 35.1 Å². The number of imidazole rings is 1. The van der Waals surface area contributed by atoms with Crippen LogP contribution in [0.2, 0.25) is 0 Å². The standard InChI is InChI=1S/C11H12BrN3O/c12-7-1-2-10-9(5-7)14-11(13)15(10)8-3-4-16-6-8/h1-2,5,8H,3-4,6H2,(H2,13,14). The lowest BCUT2D eigenvalue weighted by atomic mass is 10.2. The van der Waals surface area contributed by atoms with Crippen LogP contribution in [0.1, 0.15) is 12.5 Å². The van der Waals surface area contributed by atoms with Crippen molar-refractivity contribution >= 4 is 32.9 Å². The van der Waals surface area contributed by atoms with Gasteiger partial charge >= 0.3 is 0 Å². The van der Waals surface area contributed by atoms with Crippen LogP contribution in [0.25, 0.3) is 11.0 Å². The first-order valence-electron chi connectivity index (χ1n) is 5.26. The maximum Gasteiger partial charge on any atom is 0.201 e. The molecule has 0 aliphatic carbocycles. The maximum absolute atomic E-state index is 5.96. The molecule has 0 bridgehead atoms. The van der Waals surface area contributed by atoms with Gasteiger partial charge in [-0.05, 0) is 24.6 Å². The highest BCUT2D eigenvalue weighted by atomic mass is 79.9. The van der Waals surface area contributed by atoms with Crippen molar-refractivity contribution in [3.05, 3.63) is 22.7 Å². The SMILES string of the molecule is Nc1nc2cc(Br)ccc2n1C1CCOC1. The second-order valence-corrected chi connectivity index (χ2v) is 4.91. The van der Waals surface area contributed by atoms with Crippen molar-refractivity contribution in [2.45, 2.75) is 12.5 Å². The molecule has 1 aromatic carbocycles. The third-order valence-electron chi connectivity index (χ3n) is 2.95. The van der Waals surface area contributed by atoms with Crippen molar-refractivity contribution in [1.82, 2.24) is 9.55 Å². The van der Waals surface area contributed by atoms with E-state index in [1.165, 1.54) is 0 Å². The van der Waals surface area contributed by atoms with Gasteiger partial charge in [-0.15, -0.1) is 0 Å². The molecule has 1 atom stereocenters. The van der Waals surface area contributed by atoms with E-state index in [0.29, 0.717) is 12.0 Å². The van der Waals surface area contributed by atoms with Gasteiger partial charge in [0.1, 0.15) is 0 Å². The Morgan fingerprint density at radius 3 is 3.12 bits per heavy atom. The number of nitrogens with two attached hydrogens (primary N) is 1. The first kappa shape index (κ1) is 10.1. The van der Waals surface area contributed by atoms with Crippen LogP contribution in [0.5, 0.6) is 0 Å². The summed E-state index contributed by atoms with van der Waals surface area (Å²) in [4.78, 5) is 4.37. The van der Waals surface area contributed by atoms with Crippen LogP contribution >= 0.6 is 15.9 Å². The van der Waals surface area contributed by atoms with Gasteiger partial charge in [-0.1, -0.05) is 15.9 Å². The van der Waals surface area contributed by atoms with Gasteiger partial charge in [-0.3, -0.25) is 0 Å². The molecule has 3 rings (SSSR count). The number of hydrogen-bond acceptors (Lipinski definition) is 3. The third-order valence-corrected chi connectivity index (χ3v) is 3.44. The Labute approximate surface area is 102 Å². The third kappa shape index (κ3) is 1.51. The molecule has 0 amide bonds. The van der Waals surface area contributed by atoms with E-state index in [-0.39, 0.29) is 0 Å². The number of halogens is 1. The van der Waals surface area contributed by atoms with Crippen molar-refractivity contribution < 1.29 is 4.74 Å². The molecule has 1 aromatic heterocycles. The van der Waals surface area contributed by atoms with Crippen molar-refractivity contribution in [2.24, 2.45) is 0 Å². The van der Waals surface area contributed by atoms with Crippen molar-refractivity contribution in [3.63, 3.8) is 0 Å². The van der Waals surface area contributed by atoms with Crippen molar-refractivity contribution in [2.75, 3.05) is 18.9 Å². The molecule has 4 nitrogen and oxygen atoms in total. The molecule has 0 spiro atoms. The van der Waals surface area contributed by atoms with E-state index >= 15 is 0 Å². The number of ether oxygens (including phenoxy) is 1. The smallest absolute Gasteiger partial charge is 0.201 e. The number of hydrogen-bond donors (Lipinski definition) is 1. The van der Waals surface area contributed by atoms with Gasteiger partial charge in [0, 0.05) is 11.1 Å². The summed E-state index contributed by atoms with van der Waals surface area (Å²) < 4.78 is 8.49. The quantitative estimate of drug-likeness (QED) is 0.873. The van der Waals surface area contributed by atoms with Gasteiger partial charge in [0.15, 0.2) is 0 Å². The minimum Gasteiger partial charge on any atom is -0.379 e. The summed E-state index contributed by atoms with van der Waals surface area (Å²) >= 11 is 3.43. The molecule has 1 aliphatic heterocycles. The number of nitrogen functional groups attached to an aromatic ring is 1. The minimum absolute atomic E-state index is 0.325. The monoisotopic (exact) mass is 281 g/mol. The molecule has 1 unspecified atom stereocenters. The zero-order valence-electron chi connectivity index (χ0n) is 8.69. The van der Waals surface area contributed by atoms with Crippen LogP contribution in [0.15, 0.2) is 22.7 Å². The molecule has 0 radical (unpaired) electrons. The molecule has 1 saturated heterocycles. The Hall–Kier alpha value is -1.07. The lowest BCUT2D eigenvalue weighted by Gasteiger charge is -2.12. The van der Waals surface area contributed by atoms with Gasteiger partial charge in [0.25, 0.3) is 0 Å². The summed E-state index contributed by atoms with van der Waals surface area (Å²) in [6, 6.07) is 6.36. The molecule has 84 valence electrons. The predicted octanol–water partition coefficient (Wildman–Crippen LogP) is 2.34. The van der Waals surface area contributed by atoms with E-state index < -0.39 is 0 Å². The van der Waals surface area contributed by atoms with Crippen LogP contribution in [-0.2, 0) is 4.74 Å². The van der Waals surface area contributed by atoms with Crippen molar-refractivity contribution in [3.8, 4) is 0 Å². The Bertz CT molecular complexity index is 531.